The molecule has 1 aromatic carbocycles. The summed E-state index contributed by atoms with van der Waals surface area (Å²) in [5, 5.41) is 4.48. The van der Waals surface area contributed by atoms with Gasteiger partial charge in [0, 0.05) is 4.75 Å². The highest BCUT2D eigenvalue weighted by Crippen LogP contribution is 2.32. The zero-order valence-electron chi connectivity index (χ0n) is 10.4. The minimum absolute atomic E-state index is 0.193. The lowest BCUT2D eigenvalue weighted by Crippen LogP contribution is -2.11. The first kappa shape index (κ1) is 13.0. The molecule has 0 fully saturated rings. The average molecular weight is 236 g/mol. The lowest BCUT2D eigenvalue weighted by molar-refractivity contribution is 0.806. The maximum Gasteiger partial charge on any atom is 0.0687 e. The van der Waals surface area contributed by atoms with Gasteiger partial charge in [0.15, 0.2) is 0 Å². The molecule has 0 spiro atoms. The van der Waals surface area contributed by atoms with Crippen LogP contribution in [-0.2, 0) is 0 Å². The molecule has 0 aliphatic rings. The Morgan fingerprint density at radius 3 is 2.44 bits per heavy atom. The molecule has 0 atom stereocenters. The number of nitrogens with two attached hydrogens (primary N) is 1. The number of anilines is 2. The number of allylic oxidation sites excluding steroid dienone is 1. The molecule has 3 heteroatoms. The van der Waals surface area contributed by atoms with Crippen molar-refractivity contribution in [3.05, 3.63) is 35.4 Å². The molecule has 88 valence electrons. The molecule has 0 amide bonds. The van der Waals surface area contributed by atoms with Gasteiger partial charge in [-0.05, 0) is 19.1 Å². The molecule has 0 saturated carbocycles. The molecule has 2 nitrogen and oxygen atoms in total. The molecule has 1 aromatic rings. The van der Waals surface area contributed by atoms with Crippen molar-refractivity contribution in [3.8, 4) is 0 Å². The summed E-state index contributed by atoms with van der Waals surface area (Å²) in [7, 11) is 0. The first-order chi connectivity index (χ1) is 7.42. The Bertz CT molecular complexity index is 378. The number of para-hydroxylation sites is 2. The maximum absolute atomic E-state index is 5.89. The predicted molar refractivity (Wildman–Crippen MR) is 75.6 cm³/mol. The van der Waals surface area contributed by atoms with E-state index in [0.717, 1.165) is 16.4 Å². The third-order valence-electron chi connectivity index (χ3n) is 1.90. The molecule has 16 heavy (non-hydrogen) atoms. The Morgan fingerprint density at radius 2 is 1.94 bits per heavy atom. The van der Waals surface area contributed by atoms with Crippen LogP contribution >= 0.6 is 11.8 Å². The highest BCUT2D eigenvalue weighted by Gasteiger charge is 2.13. The van der Waals surface area contributed by atoms with Crippen LogP contribution in [0.3, 0.4) is 0 Å². The van der Waals surface area contributed by atoms with Crippen LogP contribution in [0.1, 0.15) is 27.7 Å². The number of nitrogens with one attached hydrogen (secondary N) is 1. The second-order valence-corrected chi connectivity index (χ2v) is 6.45. The van der Waals surface area contributed by atoms with Gasteiger partial charge >= 0.3 is 0 Å². The first-order valence-corrected chi connectivity index (χ1v) is 6.21. The van der Waals surface area contributed by atoms with Gasteiger partial charge in [-0.1, -0.05) is 39.0 Å². The van der Waals surface area contributed by atoms with Crippen molar-refractivity contribution in [2.24, 2.45) is 0 Å². The van der Waals surface area contributed by atoms with Gasteiger partial charge in [0.1, 0.15) is 0 Å². The number of rotatable bonds is 3. The van der Waals surface area contributed by atoms with E-state index in [-0.39, 0.29) is 4.75 Å². The van der Waals surface area contributed by atoms with Crippen molar-refractivity contribution in [2.45, 2.75) is 32.4 Å². The molecular weight excluding hydrogens is 216 g/mol. The van der Waals surface area contributed by atoms with E-state index in [4.69, 9.17) is 5.73 Å². The minimum atomic E-state index is 0.193. The fraction of sp³-hybridized carbons (Fsp3) is 0.385. The van der Waals surface area contributed by atoms with Gasteiger partial charge in [0.2, 0.25) is 0 Å². The maximum atomic E-state index is 5.89. The Kier molecular flexibility index (Phi) is 4.30. The highest BCUT2D eigenvalue weighted by molar-refractivity contribution is 8.04. The molecule has 0 bridgehead atoms. The van der Waals surface area contributed by atoms with Crippen molar-refractivity contribution < 1.29 is 0 Å². The molecule has 0 saturated heterocycles. The van der Waals surface area contributed by atoms with E-state index < -0.39 is 0 Å². The van der Waals surface area contributed by atoms with E-state index in [1.807, 2.05) is 31.2 Å². The third-order valence-corrected chi connectivity index (χ3v) is 3.07. The van der Waals surface area contributed by atoms with Crippen molar-refractivity contribution in [1.82, 2.24) is 0 Å². The van der Waals surface area contributed by atoms with Crippen molar-refractivity contribution in [3.63, 3.8) is 0 Å². The number of benzene rings is 1. The van der Waals surface area contributed by atoms with Crippen molar-refractivity contribution in [1.29, 1.82) is 0 Å². The van der Waals surface area contributed by atoms with E-state index in [1.54, 1.807) is 11.8 Å². The molecule has 0 heterocycles. The summed E-state index contributed by atoms with van der Waals surface area (Å²) in [4.78, 5) is 0. The Hall–Kier alpha value is -1.09. The average Bonchev–Trinajstić information content (AvgIpc) is 2.18. The lowest BCUT2D eigenvalue weighted by Gasteiger charge is -2.21. The van der Waals surface area contributed by atoms with Gasteiger partial charge in [-0.2, -0.15) is 0 Å². The summed E-state index contributed by atoms with van der Waals surface area (Å²) in [5.41, 5.74) is 7.63. The summed E-state index contributed by atoms with van der Waals surface area (Å²) in [6, 6.07) is 7.81. The van der Waals surface area contributed by atoms with E-state index in [2.05, 4.69) is 32.2 Å². The first-order valence-electron chi connectivity index (χ1n) is 5.39. The number of thioether (sulfide) groups is 1. The monoisotopic (exact) mass is 236 g/mol. The van der Waals surface area contributed by atoms with E-state index in [0.29, 0.717) is 0 Å². The molecular formula is C13H20N2S. The van der Waals surface area contributed by atoms with Crippen LogP contribution in [0.4, 0.5) is 11.4 Å². The topological polar surface area (TPSA) is 38.0 Å². The molecule has 0 aliphatic heterocycles. The Balaban J connectivity index is 2.76. The molecule has 3 N–H and O–H groups in total. The fourth-order valence-electron chi connectivity index (χ4n) is 1.23. The van der Waals surface area contributed by atoms with Crippen LogP contribution in [-0.4, -0.2) is 4.75 Å². The van der Waals surface area contributed by atoms with E-state index >= 15 is 0 Å². The molecule has 0 radical (unpaired) electrons. The minimum Gasteiger partial charge on any atom is -0.397 e. The van der Waals surface area contributed by atoms with E-state index in [1.165, 1.54) is 0 Å². The summed E-state index contributed by atoms with van der Waals surface area (Å²) in [6.45, 7) is 8.60. The standard InChI is InChI=1S/C13H20N2S/c1-5-12(16-13(2,3)4)15-11-9-7-6-8-10(11)14/h5-9,15H,14H2,1-4H3/b12-5+. The number of hydrogen-bond acceptors (Lipinski definition) is 3. The number of hydrogen-bond donors (Lipinski definition) is 2. The van der Waals surface area contributed by atoms with Gasteiger partial charge in [-0.25, -0.2) is 0 Å². The molecule has 0 unspecified atom stereocenters. The Morgan fingerprint density at radius 1 is 1.31 bits per heavy atom. The summed E-state index contributed by atoms with van der Waals surface area (Å²) in [6.07, 6.45) is 2.07. The van der Waals surface area contributed by atoms with Crippen LogP contribution in [0.2, 0.25) is 0 Å². The van der Waals surface area contributed by atoms with Gasteiger partial charge in [-0.3, -0.25) is 0 Å². The van der Waals surface area contributed by atoms with Crippen LogP contribution in [0, 0.1) is 0 Å². The smallest absolute Gasteiger partial charge is 0.0687 e. The van der Waals surface area contributed by atoms with Crippen LogP contribution in [0.25, 0.3) is 0 Å². The second-order valence-electron chi connectivity index (χ2n) is 4.58. The normalized spacial score (nSPS) is 12.6. The Labute approximate surface area is 102 Å². The van der Waals surface area contributed by atoms with Gasteiger partial charge in [0.05, 0.1) is 16.4 Å². The quantitative estimate of drug-likeness (QED) is 0.777. The summed E-state index contributed by atoms with van der Waals surface area (Å²) < 4.78 is 0.193. The van der Waals surface area contributed by atoms with E-state index in [9.17, 15) is 0 Å². The summed E-state index contributed by atoms with van der Waals surface area (Å²) >= 11 is 1.80. The second kappa shape index (κ2) is 5.30. The fourth-order valence-corrected chi connectivity index (χ4v) is 2.17. The highest BCUT2D eigenvalue weighted by atomic mass is 32.2. The largest absolute Gasteiger partial charge is 0.397 e. The number of nitrogen functional groups attached to an aromatic ring is 1. The molecule has 0 aliphatic carbocycles. The third kappa shape index (κ3) is 4.19. The van der Waals surface area contributed by atoms with Crippen LogP contribution in [0.5, 0.6) is 0 Å². The summed E-state index contributed by atoms with van der Waals surface area (Å²) in [5.74, 6) is 0. The van der Waals surface area contributed by atoms with Gasteiger partial charge < -0.3 is 11.1 Å². The van der Waals surface area contributed by atoms with Crippen molar-refractivity contribution in [2.75, 3.05) is 11.1 Å². The lowest BCUT2D eigenvalue weighted by atomic mass is 10.3. The zero-order chi connectivity index (χ0) is 12.2. The van der Waals surface area contributed by atoms with Gasteiger partial charge in [-0.15, -0.1) is 11.8 Å². The SMILES string of the molecule is C/C=C(\Nc1ccccc1N)SC(C)(C)C. The zero-order valence-corrected chi connectivity index (χ0v) is 11.2. The van der Waals surface area contributed by atoms with Crippen molar-refractivity contribution >= 4 is 23.1 Å². The van der Waals surface area contributed by atoms with Crippen LogP contribution in [0.15, 0.2) is 35.4 Å². The van der Waals surface area contributed by atoms with Crippen LogP contribution < -0.4 is 11.1 Å². The predicted octanol–water partition coefficient (Wildman–Crippen LogP) is 4.07. The molecule has 1 rings (SSSR count). The molecule has 0 aromatic heterocycles. The van der Waals surface area contributed by atoms with Gasteiger partial charge in [0.25, 0.3) is 0 Å².